The number of sulfonamides is 1. The summed E-state index contributed by atoms with van der Waals surface area (Å²) in [7, 11) is -3.60. The van der Waals surface area contributed by atoms with Crippen LogP contribution in [0.2, 0.25) is 0 Å². The van der Waals surface area contributed by atoms with E-state index in [2.05, 4.69) is 11.3 Å². The molecular weight excluding hydrogens is 252 g/mol. The lowest BCUT2D eigenvalue weighted by Crippen LogP contribution is -2.49. The fourth-order valence-electron chi connectivity index (χ4n) is 1.74. The molecule has 2 unspecified atom stereocenters. The minimum Gasteiger partial charge on any atom is -0.319 e. The van der Waals surface area contributed by atoms with Crippen molar-refractivity contribution < 1.29 is 13.2 Å². The van der Waals surface area contributed by atoms with E-state index in [1.807, 2.05) is 6.92 Å². The van der Waals surface area contributed by atoms with Crippen LogP contribution < -0.4 is 10.5 Å². The van der Waals surface area contributed by atoms with E-state index in [9.17, 15) is 13.2 Å². The van der Waals surface area contributed by atoms with Crippen molar-refractivity contribution in [3.63, 3.8) is 0 Å². The predicted molar refractivity (Wildman–Crippen MR) is 71.3 cm³/mol. The molecule has 0 aromatic heterocycles. The van der Waals surface area contributed by atoms with Crippen LogP contribution in [0.4, 0.5) is 0 Å². The molecule has 0 aromatic carbocycles. The molecule has 0 spiro atoms. The minimum absolute atomic E-state index is 0.197. The van der Waals surface area contributed by atoms with E-state index in [-0.39, 0.29) is 5.92 Å². The number of hydrogen-bond acceptors (Lipinski definition) is 4. The van der Waals surface area contributed by atoms with Crippen LogP contribution in [0.25, 0.3) is 0 Å². The van der Waals surface area contributed by atoms with E-state index in [4.69, 9.17) is 5.73 Å². The van der Waals surface area contributed by atoms with E-state index in [1.54, 1.807) is 13.0 Å². The molecule has 1 aliphatic carbocycles. The molecule has 18 heavy (non-hydrogen) atoms. The molecule has 1 fully saturated rings. The van der Waals surface area contributed by atoms with E-state index >= 15 is 0 Å². The lowest BCUT2D eigenvalue weighted by atomic mass is 9.95. The van der Waals surface area contributed by atoms with Gasteiger partial charge in [-0.1, -0.05) is 19.4 Å². The van der Waals surface area contributed by atoms with Crippen molar-refractivity contribution >= 4 is 15.9 Å². The molecule has 0 aromatic rings. The summed E-state index contributed by atoms with van der Waals surface area (Å²) in [5.74, 6) is -0.835. The Balaban J connectivity index is 2.68. The third-order valence-electron chi connectivity index (χ3n) is 3.53. The van der Waals surface area contributed by atoms with Crippen LogP contribution in [0.15, 0.2) is 12.7 Å². The number of amides is 1. The normalized spacial score (nSPS) is 20.8. The highest BCUT2D eigenvalue weighted by molar-refractivity contribution is 7.91. The van der Waals surface area contributed by atoms with Gasteiger partial charge >= 0.3 is 0 Å². The van der Waals surface area contributed by atoms with Gasteiger partial charge < -0.3 is 5.73 Å². The van der Waals surface area contributed by atoms with E-state index < -0.39 is 26.7 Å². The fraction of sp³-hybridized carbons (Fsp3) is 0.750. The van der Waals surface area contributed by atoms with Gasteiger partial charge in [0.15, 0.2) is 0 Å². The zero-order chi connectivity index (χ0) is 14.0. The van der Waals surface area contributed by atoms with Crippen LogP contribution in [-0.2, 0) is 14.8 Å². The first kappa shape index (κ1) is 15.2. The van der Waals surface area contributed by atoms with Gasteiger partial charge in [0, 0.05) is 5.92 Å². The van der Waals surface area contributed by atoms with Gasteiger partial charge in [0.1, 0.15) is 0 Å². The summed E-state index contributed by atoms with van der Waals surface area (Å²) < 4.78 is 25.1. The van der Waals surface area contributed by atoms with Gasteiger partial charge in [-0.3, -0.25) is 9.52 Å². The Morgan fingerprint density at radius 2 is 2.11 bits per heavy atom. The van der Waals surface area contributed by atoms with Crippen LogP contribution in [0.5, 0.6) is 0 Å². The first-order valence-electron chi connectivity index (χ1n) is 6.22. The number of rotatable bonds is 7. The van der Waals surface area contributed by atoms with Crippen molar-refractivity contribution in [2.75, 3.05) is 0 Å². The van der Waals surface area contributed by atoms with Crippen molar-refractivity contribution in [2.24, 2.45) is 11.7 Å². The molecular formula is C12H22N2O3S. The van der Waals surface area contributed by atoms with Crippen molar-refractivity contribution in [1.82, 2.24) is 4.72 Å². The van der Waals surface area contributed by atoms with E-state index in [0.29, 0.717) is 12.8 Å². The highest BCUT2D eigenvalue weighted by atomic mass is 32.2. The van der Waals surface area contributed by atoms with Gasteiger partial charge in [0.2, 0.25) is 10.0 Å². The molecule has 3 N–H and O–H groups in total. The zero-order valence-corrected chi connectivity index (χ0v) is 11.8. The first-order chi connectivity index (χ1) is 8.27. The number of carbonyl (C=O) groups excluding carboxylic acids is 1. The largest absolute Gasteiger partial charge is 0.319 e. The third kappa shape index (κ3) is 3.11. The van der Waals surface area contributed by atoms with Crippen LogP contribution in [0, 0.1) is 5.92 Å². The van der Waals surface area contributed by atoms with E-state index in [0.717, 1.165) is 12.8 Å². The average molecular weight is 274 g/mol. The predicted octanol–water partition coefficient (Wildman–Crippen LogP) is 0.915. The van der Waals surface area contributed by atoms with Crippen LogP contribution in [-0.4, -0.2) is 25.1 Å². The van der Waals surface area contributed by atoms with Gasteiger partial charge in [0.05, 0.1) is 10.8 Å². The molecule has 1 rings (SSSR count). The van der Waals surface area contributed by atoms with Gasteiger partial charge in [-0.2, -0.15) is 0 Å². The molecule has 104 valence electrons. The summed E-state index contributed by atoms with van der Waals surface area (Å²) in [6, 6.07) is -0.862. The standard InChI is InChI=1S/C12H22N2O3S/c1-4-6-9(5-2)10(13)11(15)14-18(16,17)12(3)7-8-12/h5,9-10H,2,4,6-8,13H2,1,3H3,(H,14,15). The smallest absolute Gasteiger partial charge is 0.250 e. The Morgan fingerprint density at radius 1 is 1.56 bits per heavy atom. The maximum atomic E-state index is 11.9. The second kappa shape index (κ2) is 5.40. The summed E-state index contributed by atoms with van der Waals surface area (Å²) >= 11 is 0. The van der Waals surface area contributed by atoms with Crippen molar-refractivity contribution in [3.05, 3.63) is 12.7 Å². The number of carbonyl (C=O) groups is 1. The number of nitrogens with two attached hydrogens (primary N) is 1. The molecule has 0 aliphatic heterocycles. The van der Waals surface area contributed by atoms with Crippen LogP contribution >= 0.6 is 0 Å². The molecule has 0 heterocycles. The summed E-state index contributed by atoms with van der Waals surface area (Å²) in [6.45, 7) is 7.24. The molecule has 0 saturated heterocycles. The minimum atomic E-state index is -3.60. The number of hydrogen-bond donors (Lipinski definition) is 2. The Bertz CT molecular complexity index is 427. The summed E-state index contributed by atoms with van der Waals surface area (Å²) in [5.41, 5.74) is 5.78. The third-order valence-corrected chi connectivity index (χ3v) is 5.70. The van der Waals surface area contributed by atoms with Crippen molar-refractivity contribution in [1.29, 1.82) is 0 Å². The zero-order valence-electron chi connectivity index (χ0n) is 11.0. The monoisotopic (exact) mass is 274 g/mol. The maximum absolute atomic E-state index is 11.9. The molecule has 0 bridgehead atoms. The molecule has 6 heteroatoms. The Morgan fingerprint density at radius 3 is 2.50 bits per heavy atom. The first-order valence-corrected chi connectivity index (χ1v) is 7.70. The highest BCUT2D eigenvalue weighted by Gasteiger charge is 2.51. The van der Waals surface area contributed by atoms with E-state index in [1.165, 1.54) is 0 Å². The molecule has 1 saturated carbocycles. The lowest BCUT2D eigenvalue weighted by Gasteiger charge is -2.20. The summed E-state index contributed by atoms with van der Waals surface area (Å²) in [5, 5.41) is 0. The van der Waals surface area contributed by atoms with Gasteiger partial charge in [-0.25, -0.2) is 8.42 Å². The SMILES string of the molecule is C=CC(CCC)C(N)C(=O)NS(=O)(=O)C1(C)CC1. The van der Waals surface area contributed by atoms with Gasteiger partial charge in [-0.15, -0.1) is 6.58 Å². The average Bonchev–Trinajstić information content (AvgIpc) is 3.04. The van der Waals surface area contributed by atoms with Crippen molar-refractivity contribution in [2.45, 2.75) is 50.3 Å². The highest BCUT2D eigenvalue weighted by Crippen LogP contribution is 2.42. The maximum Gasteiger partial charge on any atom is 0.250 e. The summed E-state index contributed by atoms with van der Waals surface area (Å²) in [6.07, 6.45) is 4.37. The van der Waals surface area contributed by atoms with Gasteiger partial charge in [-0.05, 0) is 26.2 Å². The topological polar surface area (TPSA) is 89.3 Å². The quantitative estimate of drug-likeness (QED) is 0.675. The molecule has 5 nitrogen and oxygen atoms in total. The molecule has 1 aliphatic rings. The second-order valence-corrected chi connectivity index (χ2v) is 7.33. The second-order valence-electron chi connectivity index (χ2n) is 5.13. The molecule has 1 amide bonds. The Hall–Kier alpha value is -0.880. The van der Waals surface area contributed by atoms with Gasteiger partial charge in [0.25, 0.3) is 5.91 Å². The van der Waals surface area contributed by atoms with Crippen molar-refractivity contribution in [3.8, 4) is 0 Å². The molecule has 0 radical (unpaired) electrons. The lowest BCUT2D eigenvalue weighted by molar-refractivity contribution is -0.121. The van der Waals surface area contributed by atoms with Crippen LogP contribution in [0.1, 0.15) is 39.5 Å². The Kier molecular flexibility index (Phi) is 4.55. The fourth-order valence-corrected chi connectivity index (χ4v) is 3.03. The molecule has 2 atom stereocenters. The summed E-state index contributed by atoms with van der Waals surface area (Å²) in [4.78, 5) is 11.8. The van der Waals surface area contributed by atoms with Crippen LogP contribution in [0.3, 0.4) is 0 Å². The Labute approximate surface area is 109 Å². The number of nitrogens with one attached hydrogen (secondary N) is 1.